The van der Waals surface area contributed by atoms with E-state index >= 15 is 0 Å². The number of carbonyl (C=O) groups is 1. The van der Waals surface area contributed by atoms with Crippen LogP contribution in [0.1, 0.15) is 96.8 Å². The normalized spacial score (nSPS) is 13.2. The second-order valence-corrected chi connectivity index (χ2v) is 8.68. The summed E-state index contributed by atoms with van der Waals surface area (Å²) in [4.78, 5) is 22.8. The molecule has 6 heteroatoms. The predicted molar refractivity (Wildman–Crippen MR) is 118 cm³/mol. The number of aliphatic hydroxyl groups is 2. The summed E-state index contributed by atoms with van der Waals surface area (Å²) in [6, 6.07) is -0.648. The van der Waals surface area contributed by atoms with Crippen LogP contribution in [0.25, 0.3) is 0 Å². The topological polar surface area (TPSA) is 86.6 Å². The lowest BCUT2D eigenvalue weighted by molar-refractivity contribution is -0.121. The minimum absolute atomic E-state index is 0.111. The van der Waals surface area contributed by atoms with Crippen molar-refractivity contribution >= 4 is 24.0 Å². The summed E-state index contributed by atoms with van der Waals surface area (Å²) >= 11 is 1.32. The summed E-state index contributed by atoms with van der Waals surface area (Å²) in [5.41, 5.74) is 0. The van der Waals surface area contributed by atoms with Crippen LogP contribution < -0.4 is 5.32 Å². The van der Waals surface area contributed by atoms with Crippen LogP contribution >= 0.6 is 11.8 Å². The molecule has 0 heterocycles. The summed E-state index contributed by atoms with van der Waals surface area (Å²) in [6.07, 6.45) is 18.0. The van der Waals surface area contributed by atoms with Gasteiger partial charge in [0.15, 0.2) is 0 Å². The number of rotatable bonds is 21. The third-order valence-corrected chi connectivity index (χ3v) is 5.98. The van der Waals surface area contributed by atoms with Crippen LogP contribution in [0.3, 0.4) is 0 Å². The first-order chi connectivity index (χ1) is 13.6. The Balaban J connectivity index is 3.45. The predicted octanol–water partition coefficient (Wildman–Crippen LogP) is 4.15. The lowest BCUT2D eigenvalue weighted by atomic mass is 10.0. The average Bonchev–Trinajstić information content (AvgIpc) is 2.70. The van der Waals surface area contributed by atoms with E-state index in [0.717, 1.165) is 12.8 Å². The Morgan fingerprint density at radius 1 is 0.893 bits per heavy atom. The summed E-state index contributed by atoms with van der Waals surface area (Å²) in [5.74, 6) is 0.591. The van der Waals surface area contributed by atoms with Gasteiger partial charge in [0.05, 0.1) is 12.7 Å². The van der Waals surface area contributed by atoms with Crippen molar-refractivity contribution in [2.45, 2.75) is 109 Å². The monoisotopic (exact) mass is 416 g/mol. The third kappa shape index (κ3) is 18.8. The molecular weight excluding hydrogens is 374 g/mol. The summed E-state index contributed by atoms with van der Waals surface area (Å²) in [7, 11) is 0. The Bertz CT molecular complexity index is 368. The van der Waals surface area contributed by atoms with Crippen LogP contribution in [-0.4, -0.2) is 52.7 Å². The molecule has 0 saturated heterocycles. The molecule has 5 nitrogen and oxygen atoms in total. The van der Waals surface area contributed by atoms with Crippen molar-refractivity contribution in [2.75, 3.05) is 18.1 Å². The molecule has 0 aliphatic carbocycles. The fourth-order valence-corrected chi connectivity index (χ4v) is 3.95. The number of carbonyl (C=O) groups excluding carboxylic acids is 2. The first-order valence-corrected chi connectivity index (χ1v) is 12.3. The number of hydrogen-bond acceptors (Lipinski definition) is 5. The highest BCUT2D eigenvalue weighted by molar-refractivity contribution is 7.99. The highest BCUT2D eigenvalue weighted by atomic mass is 32.2. The molecule has 1 radical (unpaired) electrons. The van der Waals surface area contributed by atoms with Crippen molar-refractivity contribution in [2.24, 2.45) is 0 Å². The van der Waals surface area contributed by atoms with Gasteiger partial charge in [-0.1, -0.05) is 84.0 Å². The van der Waals surface area contributed by atoms with Gasteiger partial charge in [0.2, 0.25) is 12.2 Å². The first kappa shape index (κ1) is 27.4. The molecule has 1 unspecified atom stereocenters. The van der Waals surface area contributed by atoms with Gasteiger partial charge in [0.1, 0.15) is 6.04 Å². The molecule has 28 heavy (non-hydrogen) atoms. The number of hydrogen-bond donors (Lipinski definition) is 3. The SMILES string of the molecule is CCCCCCCCCCCCCCCC(=O)N[C@H]([C]=O)CSCC(O)CO. The zero-order chi connectivity index (χ0) is 20.9. The Labute approximate surface area is 176 Å². The van der Waals surface area contributed by atoms with Gasteiger partial charge in [-0.2, -0.15) is 11.8 Å². The van der Waals surface area contributed by atoms with Gasteiger partial charge in [0, 0.05) is 17.9 Å². The van der Waals surface area contributed by atoms with E-state index in [4.69, 9.17) is 5.11 Å². The molecule has 0 fully saturated rings. The minimum Gasteiger partial charge on any atom is -0.394 e. The fourth-order valence-electron chi connectivity index (χ4n) is 3.05. The quantitative estimate of drug-likeness (QED) is 0.245. The molecule has 0 aliphatic rings. The van der Waals surface area contributed by atoms with Crippen molar-refractivity contribution in [3.05, 3.63) is 0 Å². The van der Waals surface area contributed by atoms with Crippen LogP contribution in [0.2, 0.25) is 0 Å². The average molecular weight is 417 g/mol. The third-order valence-electron chi connectivity index (χ3n) is 4.79. The van der Waals surface area contributed by atoms with Crippen LogP contribution in [-0.2, 0) is 9.59 Å². The molecule has 0 bridgehead atoms. The molecule has 2 atom stereocenters. The highest BCUT2D eigenvalue weighted by Crippen LogP contribution is 2.13. The van der Waals surface area contributed by atoms with E-state index in [9.17, 15) is 14.7 Å². The molecule has 0 spiro atoms. The molecule has 165 valence electrons. The second-order valence-electron chi connectivity index (χ2n) is 7.60. The van der Waals surface area contributed by atoms with Crippen LogP contribution in [0.15, 0.2) is 0 Å². The zero-order valence-electron chi connectivity index (χ0n) is 17.8. The van der Waals surface area contributed by atoms with Crippen molar-refractivity contribution in [1.82, 2.24) is 5.32 Å². The number of unbranched alkanes of at least 4 members (excludes halogenated alkanes) is 12. The van der Waals surface area contributed by atoms with E-state index in [2.05, 4.69) is 12.2 Å². The Morgan fingerprint density at radius 3 is 1.86 bits per heavy atom. The van der Waals surface area contributed by atoms with E-state index in [-0.39, 0.29) is 12.5 Å². The maximum absolute atomic E-state index is 11.9. The number of aliphatic hydroxyl groups excluding tert-OH is 2. The molecule has 0 aromatic carbocycles. The Morgan fingerprint density at radius 2 is 1.39 bits per heavy atom. The summed E-state index contributed by atoms with van der Waals surface area (Å²) < 4.78 is 0. The van der Waals surface area contributed by atoms with E-state index in [1.807, 2.05) is 6.29 Å². The number of amides is 1. The minimum atomic E-state index is -0.793. The standard InChI is InChI=1S/C22H42NO4S/c1-2-3-4-5-6-7-8-9-10-11-12-13-14-15-22(27)23-20(16-24)18-28-19-21(26)17-25/h20-21,25-26H,2-15,17-19H2,1H3,(H,23,27)/t20-,21?/m1/s1. The van der Waals surface area contributed by atoms with Gasteiger partial charge in [-0.05, 0) is 6.42 Å². The zero-order valence-corrected chi connectivity index (χ0v) is 18.6. The lowest BCUT2D eigenvalue weighted by Gasteiger charge is -2.13. The van der Waals surface area contributed by atoms with Crippen LogP contribution in [0.4, 0.5) is 0 Å². The number of thioether (sulfide) groups is 1. The van der Waals surface area contributed by atoms with E-state index in [1.165, 1.54) is 82.4 Å². The van der Waals surface area contributed by atoms with E-state index in [1.54, 1.807) is 0 Å². The van der Waals surface area contributed by atoms with Gasteiger partial charge in [-0.15, -0.1) is 0 Å². The number of nitrogens with one attached hydrogen (secondary N) is 1. The fraction of sp³-hybridized carbons (Fsp3) is 0.909. The Hall–Kier alpha value is -0.590. The van der Waals surface area contributed by atoms with Gasteiger partial charge < -0.3 is 15.5 Å². The van der Waals surface area contributed by atoms with Gasteiger partial charge in [-0.3, -0.25) is 9.59 Å². The second kappa shape index (κ2) is 21.1. The largest absolute Gasteiger partial charge is 0.394 e. The van der Waals surface area contributed by atoms with E-state index in [0.29, 0.717) is 17.9 Å². The lowest BCUT2D eigenvalue weighted by Crippen LogP contribution is -2.38. The van der Waals surface area contributed by atoms with E-state index < -0.39 is 12.1 Å². The van der Waals surface area contributed by atoms with Crippen molar-refractivity contribution in [3.63, 3.8) is 0 Å². The van der Waals surface area contributed by atoms with Gasteiger partial charge >= 0.3 is 0 Å². The molecular formula is C22H42NO4S. The molecule has 3 N–H and O–H groups in total. The van der Waals surface area contributed by atoms with Crippen LogP contribution in [0, 0.1) is 0 Å². The summed E-state index contributed by atoms with van der Waals surface area (Å²) in [5, 5.41) is 20.7. The van der Waals surface area contributed by atoms with Crippen molar-refractivity contribution in [3.8, 4) is 0 Å². The molecule has 0 aromatic rings. The molecule has 0 rings (SSSR count). The molecule has 0 aromatic heterocycles. The maximum atomic E-state index is 11.9. The Kier molecular flexibility index (Phi) is 20.7. The molecule has 1 amide bonds. The highest BCUT2D eigenvalue weighted by Gasteiger charge is 2.13. The summed E-state index contributed by atoms with van der Waals surface area (Å²) in [6.45, 7) is 1.95. The van der Waals surface area contributed by atoms with Crippen molar-refractivity contribution in [1.29, 1.82) is 0 Å². The maximum Gasteiger partial charge on any atom is 0.223 e. The first-order valence-electron chi connectivity index (χ1n) is 11.2. The van der Waals surface area contributed by atoms with Gasteiger partial charge in [-0.25, -0.2) is 0 Å². The van der Waals surface area contributed by atoms with Gasteiger partial charge in [0.25, 0.3) is 0 Å². The molecule has 0 aliphatic heterocycles. The smallest absolute Gasteiger partial charge is 0.223 e. The van der Waals surface area contributed by atoms with Crippen LogP contribution in [0.5, 0.6) is 0 Å². The molecule has 0 saturated carbocycles. The van der Waals surface area contributed by atoms with Crippen molar-refractivity contribution < 1.29 is 19.8 Å².